The monoisotopic (exact) mass is 208 g/mol. The number of anilines is 1. The fourth-order valence-corrected chi connectivity index (χ4v) is 1.59. The van der Waals surface area contributed by atoms with Crippen LogP contribution in [0.2, 0.25) is 0 Å². The summed E-state index contributed by atoms with van der Waals surface area (Å²) in [5.74, 6) is 0. The van der Waals surface area contributed by atoms with Gasteiger partial charge in [0.25, 0.3) is 0 Å². The molecule has 1 N–H and O–H groups in total. The van der Waals surface area contributed by atoms with Crippen molar-refractivity contribution in [1.29, 1.82) is 5.26 Å². The van der Waals surface area contributed by atoms with Gasteiger partial charge in [0.05, 0.1) is 11.6 Å². The molecule has 0 amide bonds. The molecule has 0 saturated heterocycles. The second-order valence-electron chi connectivity index (χ2n) is 3.52. The van der Waals surface area contributed by atoms with Gasteiger partial charge in [-0.25, -0.2) is 0 Å². The number of hydrogen-bond donors (Lipinski definition) is 1. The van der Waals surface area contributed by atoms with Crippen molar-refractivity contribution < 1.29 is 0 Å². The van der Waals surface area contributed by atoms with Gasteiger partial charge in [0.2, 0.25) is 0 Å². The summed E-state index contributed by atoms with van der Waals surface area (Å²) in [5.41, 5.74) is 4.04. The molecule has 0 unspecified atom stereocenters. The molecule has 2 aromatic rings. The predicted molar refractivity (Wildman–Crippen MR) is 66.1 cm³/mol. The third-order valence-corrected chi connectivity index (χ3v) is 2.50. The fourth-order valence-electron chi connectivity index (χ4n) is 1.59. The number of nitrogens with zero attached hydrogens (tertiary/aromatic N) is 1. The summed E-state index contributed by atoms with van der Waals surface area (Å²) in [4.78, 5) is 0. The molecule has 0 aliphatic heterocycles. The normalized spacial score (nSPS) is 9.50. The molecular weight excluding hydrogens is 196 g/mol. The molecule has 78 valence electrons. The minimum atomic E-state index is 0.688. The Bertz CT molecular complexity index is 521. The maximum absolute atomic E-state index is 8.72. The van der Waals surface area contributed by atoms with Crippen LogP contribution in [-0.2, 0) is 0 Å². The third-order valence-electron chi connectivity index (χ3n) is 2.50. The molecule has 0 atom stereocenters. The first-order valence-electron chi connectivity index (χ1n) is 5.12. The van der Waals surface area contributed by atoms with Gasteiger partial charge in [-0.3, -0.25) is 0 Å². The first-order valence-corrected chi connectivity index (χ1v) is 5.12. The molecule has 2 aromatic carbocycles. The van der Waals surface area contributed by atoms with Crippen molar-refractivity contribution in [2.45, 2.75) is 0 Å². The number of nitrogens with one attached hydrogen (secondary N) is 1. The topological polar surface area (TPSA) is 35.8 Å². The quantitative estimate of drug-likeness (QED) is 0.822. The van der Waals surface area contributed by atoms with E-state index in [9.17, 15) is 0 Å². The summed E-state index contributed by atoms with van der Waals surface area (Å²) in [6.07, 6.45) is 0. The minimum Gasteiger partial charge on any atom is -0.388 e. The van der Waals surface area contributed by atoms with E-state index in [1.807, 2.05) is 43.4 Å². The van der Waals surface area contributed by atoms with Crippen LogP contribution in [0, 0.1) is 11.3 Å². The summed E-state index contributed by atoms with van der Waals surface area (Å²) < 4.78 is 0. The molecule has 0 aliphatic rings. The van der Waals surface area contributed by atoms with E-state index in [1.54, 1.807) is 0 Å². The summed E-state index contributed by atoms with van der Waals surface area (Å²) in [7, 11) is 1.90. The van der Waals surface area contributed by atoms with Gasteiger partial charge in [-0.1, -0.05) is 24.3 Å². The van der Waals surface area contributed by atoms with Crippen LogP contribution in [0.25, 0.3) is 11.1 Å². The number of rotatable bonds is 2. The van der Waals surface area contributed by atoms with Crippen LogP contribution in [-0.4, -0.2) is 7.05 Å². The molecule has 0 heterocycles. The lowest BCUT2D eigenvalue weighted by Gasteiger charge is -2.04. The van der Waals surface area contributed by atoms with E-state index in [-0.39, 0.29) is 0 Å². The lowest BCUT2D eigenvalue weighted by Crippen LogP contribution is -1.87. The number of nitriles is 1. The van der Waals surface area contributed by atoms with E-state index in [0.29, 0.717) is 5.56 Å². The molecule has 0 fully saturated rings. The van der Waals surface area contributed by atoms with Gasteiger partial charge in [0.15, 0.2) is 0 Å². The first kappa shape index (κ1) is 10.3. The molecule has 0 saturated carbocycles. The largest absolute Gasteiger partial charge is 0.388 e. The lowest BCUT2D eigenvalue weighted by molar-refractivity contribution is 1.48. The van der Waals surface area contributed by atoms with Crippen LogP contribution in [0.15, 0.2) is 48.5 Å². The van der Waals surface area contributed by atoms with Crippen molar-refractivity contribution in [1.82, 2.24) is 0 Å². The summed E-state index contributed by atoms with van der Waals surface area (Å²) in [6.45, 7) is 0. The van der Waals surface area contributed by atoms with Gasteiger partial charge >= 0.3 is 0 Å². The molecule has 2 heteroatoms. The Labute approximate surface area is 95.2 Å². The summed E-state index contributed by atoms with van der Waals surface area (Å²) in [6, 6.07) is 17.9. The van der Waals surface area contributed by atoms with Gasteiger partial charge in [0, 0.05) is 12.7 Å². The van der Waals surface area contributed by atoms with E-state index < -0.39 is 0 Å². The Morgan fingerprint density at radius 2 is 1.75 bits per heavy atom. The van der Waals surface area contributed by atoms with Crippen LogP contribution in [0.5, 0.6) is 0 Å². The van der Waals surface area contributed by atoms with E-state index in [1.165, 1.54) is 0 Å². The molecule has 16 heavy (non-hydrogen) atoms. The Kier molecular flexibility index (Phi) is 2.88. The Morgan fingerprint density at radius 3 is 2.38 bits per heavy atom. The first-order chi connectivity index (χ1) is 7.83. The highest BCUT2D eigenvalue weighted by atomic mass is 14.8. The zero-order valence-corrected chi connectivity index (χ0v) is 9.07. The highest BCUT2D eigenvalue weighted by Gasteiger charge is 1.98. The van der Waals surface area contributed by atoms with Gasteiger partial charge in [-0.05, 0) is 35.4 Å². The van der Waals surface area contributed by atoms with E-state index in [2.05, 4.69) is 23.5 Å². The van der Waals surface area contributed by atoms with Gasteiger partial charge in [-0.15, -0.1) is 0 Å². The van der Waals surface area contributed by atoms with Gasteiger partial charge in [-0.2, -0.15) is 5.26 Å². The Balaban J connectivity index is 2.39. The van der Waals surface area contributed by atoms with Crippen molar-refractivity contribution in [2.75, 3.05) is 12.4 Å². The predicted octanol–water partition coefficient (Wildman–Crippen LogP) is 3.27. The molecule has 2 rings (SSSR count). The van der Waals surface area contributed by atoms with E-state index in [0.717, 1.165) is 16.8 Å². The van der Waals surface area contributed by atoms with Crippen LogP contribution in [0.4, 0.5) is 5.69 Å². The maximum Gasteiger partial charge on any atom is 0.0991 e. The molecular formula is C14H12N2. The number of hydrogen-bond acceptors (Lipinski definition) is 2. The minimum absolute atomic E-state index is 0.688. The zero-order valence-electron chi connectivity index (χ0n) is 9.07. The average molecular weight is 208 g/mol. The SMILES string of the molecule is CNc1cccc(-c2ccc(C#N)cc2)c1. The fraction of sp³-hybridized carbons (Fsp3) is 0.0714. The molecule has 0 spiro atoms. The Morgan fingerprint density at radius 1 is 1.00 bits per heavy atom. The molecule has 2 nitrogen and oxygen atoms in total. The van der Waals surface area contributed by atoms with Crippen molar-refractivity contribution in [3.8, 4) is 17.2 Å². The second kappa shape index (κ2) is 4.50. The maximum atomic E-state index is 8.72. The summed E-state index contributed by atoms with van der Waals surface area (Å²) >= 11 is 0. The van der Waals surface area contributed by atoms with Crippen molar-refractivity contribution in [3.63, 3.8) is 0 Å². The lowest BCUT2D eigenvalue weighted by atomic mass is 10.0. The van der Waals surface area contributed by atoms with Crippen molar-refractivity contribution in [3.05, 3.63) is 54.1 Å². The zero-order chi connectivity index (χ0) is 11.4. The molecule has 0 radical (unpaired) electrons. The standard InChI is InChI=1S/C14H12N2/c1-16-14-4-2-3-13(9-14)12-7-5-11(10-15)6-8-12/h2-9,16H,1H3. The average Bonchev–Trinajstić information content (AvgIpc) is 2.39. The molecule has 0 aromatic heterocycles. The molecule has 0 aliphatic carbocycles. The van der Waals surface area contributed by atoms with Crippen LogP contribution >= 0.6 is 0 Å². The Hall–Kier alpha value is -2.27. The second-order valence-corrected chi connectivity index (χ2v) is 3.52. The third kappa shape index (κ3) is 2.04. The number of benzene rings is 2. The van der Waals surface area contributed by atoms with Crippen molar-refractivity contribution in [2.24, 2.45) is 0 Å². The van der Waals surface area contributed by atoms with Crippen LogP contribution in [0.3, 0.4) is 0 Å². The summed E-state index contributed by atoms with van der Waals surface area (Å²) in [5, 5.41) is 11.8. The highest BCUT2D eigenvalue weighted by molar-refractivity contribution is 5.68. The van der Waals surface area contributed by atoms with Gasteiger partial charge < -0.3 is 5.32 Å². The smallest absolute Gasteiger partial charge is 0.0991 e. The van der Waals surface area contributed by atoms with Crippen LogP contribution < -0.4 is 5.32 Å². The highest BCUT2D eigenvalue weighted by Crippen LogP contribution is 2.22. The van der Waals surface area contributed by atoms with E-state index >= 15 is 0 Å². The molecule has 0 bridgehead atoms. The van der Waals surface area contributed by atoms with Gasteiger partial charge in [0.1, 0.15) is 0 Å². The van der Waals surface area contributed by atoms with Crippen molar-refractivity contribution >= 4 is 5.69 Å². The van der Waals surface area contributed by atoms with E-state index in [4.69, 9.17) is 5.26 Å². The van der Waals surface area contributed by atoms with Crippen LogP contribution in [0.1, 0.15) is 5.56 Å².